The first-order chi connectivity index (χ1) is 9.58. The Morgan fingerprint density at radius 1 is 1.38 bits per heavy atom. The summed E-state index contributed by atoms with van der Waals surface area (Å²) in [4.78, 5) is 22.7. The zero-order valence-corrected chi connectivity index (χ0v) is 12.6. The molecule has 0 aromatic heterocycles. The molecule has 1 aromatic rings. The lowest BCUT2D eigenvalue weighted by molar-refractivity contribution is -0.137. The van der Waals surface area contributed by atoms with Crippen LogP contribution >= 0.6 is 0 Å². The van der Waals surface area contributed by atoms with E-state index in [4.69, 9.17) is 9.84 Å². The number of nitrogens with one attached hydrogen (secondary N) is 1. The van der Waals surface area contributed by atoms with Crippen molar-refractivity contribution in [3.05, 3.63) is 35.1 Å². The molecule has 0 fully saturated rings. The first-order valence-corrected chi connectivity index (χ1v) is 6.56. The molecule has 0 saturated carbocycles. The van der Waals surface area contributed by atoms with Crippen LogP contribution in [-0.4, -0.2) is 22.8 Å². The molecule has 2 N–H and O–H groups in total. The predicted octanol–water partition coefficient (Wildman–Crippen LogP) is 3.17. The third-order valence-corrected chi connectivity index (χ3v) is 2.60. The summed E-state index contributed by atoms with van der Waals surface area (Å²) < 4.78 is 18.9. The van der Waals surface area contributed by atoms with Crippen molar-refractivity contribution < 1.29 is 23.8 Å². The number of rotatable bonds is 4. The Morgan fingerprint density at radius 3 is 2.52 bits per heavy atom. The lowest BCUT2D eigenvalue weighted by Gasteiger charge is -2.23. The van der Waals surface area contributed by atoms with Gasteiger partial charge in [-0.3, -0.25) is 4.79 Å². The van der Waals surface area contributed by atoms with Crippen LogP contribution in [0.3, 0.4) is 0 Å². The second-order valence-electron chi connectivity index (χ2n) is 5.82. The molecule has 0 radical (unpaired) electrons. The molecular weight excluding hydrogens is 277 g/mol. The minimum atomic E-state index is -1.14. The van der Waals surface area contributed by atoms with E-state index < -0.39 is 35.9 Å². The van der Waals surface area contributed by atoms with Gasteiger partial charge in [0.05, 0.1) is 12.5 Å². The molecule has 6 heteroatoms. The number of carboxylic acids is 1. The molecule has 0 aliphatic rings. The second-order valence-corrected chi connectivity index (χ2v) is 5.82. The maximum Gasteiger partial charge on any atom is 0.408 e. The Morgan fingerprint density at radius 2 is 2.00 bits per heavy atom. The first-order valence-electron chi connectivity index (χ1n) is 6.56. The topological polar surface area (TPSA) is 75.6 Å². The fourth-order valence-electron chi connectivity index (χ4n) is 1.79. The maximum atomic E-state index is 13.9. The van der Waals surface area contributed by atoms with E-state index in [2.05, 4.69) is 5.32 Å². The smallest absolute Gasteiger partial charge is 0.408 e. The van der Waals surface area contributed by atoms with Gasteiger partial charge in [0, 0.05) is 5.56 Å². The molecule has 0 saturated heterocycles. The Kier molecular flexibility index (Phi) is 5.29. The molecule has 116 valence electrons. The van der Waals surface area contributed by atoms with Crippen LogP contribution in [0, 0.1) is 12.7 Å². The largest absolute Gasteiger partial charge is 0.481 e. The van der Waals surface area contributed by atoms with Gasteiger partial charge in [0.15, 0.2) is 0 Å². The van der Waals surface area contributed by atoms with E-state index in [-0.39, 0.29) is 5.56 Å². The predicted molar refractivity (Wildman–Crippen MR) is 75.5 cm³/mol. The highest BCUT2D eigenvalue weighted by molar-refractivity contribution is 5.72. The van der Waals surface area contributed by atoms with Gasteiger partial charge in [0.2, 0.25) is 0 Å². The van der Waals surface area contributed by atoms with E-state index in [1.807, 2.05) is 0 Å². The van der Waals surface area contributed by atoms with Crippen LogP contribution in [0.2, 0.25) is 0 Å². The molecule has 1 aromatic carbocycles. The van der Waals surface area contributed by atoms with Crippen molar-refractivity contribution in [2.75, 3.05) is 0 Å². The average molecular weight is 297 g/mol. The van der Waals surface area contributed by atoms with Crippen molar-refractivity contribution in [3.8, 4) is 0 Å². The van der Waals surface area contributed by atoms with Gasteiger partial charge in [0.25, 0.3) is 0 Å². The summed E-state index contributed by atoms with van der Waals surface area (Å²) in [6.07, 6.45) is -1.21. The fraction of sp³-hybridized carbons (Fsp3) is 0.467. The number of amides is 1. The van der Waals surface area contributed by atoms with E-state index in [1.54, 1.807) is 33.8 Å². The van der Waals surface area contributed by atoms with Crippen molar-refractivity contribution in [2.45, 2.75) is 45.8 Å². The van der Waals surface area contributed by atoms with Gasteiger partial charge in [-0.15, -0.1) is 0 Å². The van der Waals surface area contributed by atoms with Crippen molar-refractivity contribution in [1.29, 1.82) is 0 Å². The standard InChI is InChI=1S/C15H20FNO4/c1-9-5-6-11(16)10(7-9)12(8-13(18)19)17-14(20)21-15(2,3)4/h5-7,12H,8H2,1-4H3,(H,17,20)(H,18,19)/t12-/m0/s1. The van der Waals surface area contributed by atoms with Crippen molar-refractivity contribution >= 4 is 12.1 Å². The minimum absolute atomic E-state index is 0.128. The van der Waals surface area contributed by atoms with Crippen LogP contribution in [0.5, 0.6) is 0 Å². The number of halogens is 1. The molecule has 0 heterocycles. The molecule has 0 bridgehead atoms. The maximum absolute atomic E-state index is 13.9. The summed E-state index contributed by atoms with van der Waals surface area (Å²) in [6.45, 7) is 6.82. The third kappa shape index (κ3) is 5.81. The lowest BCUT2D eigenvalue weighted by atomic mass is 10.0. The summed E-state index contributed by atoms with van der Waals surface area (Å²) in [7, 11) is 0. The molecule has 1 atom stereocenters. The Labute approximate surface area is 123 Å². The Hall–Kier alpha value is -2.11. The van der Waals surface area contributed by atoms with Crippen LogP contribution in [0.25, 0.3) is 0 Å². The highest BCUT2D eigenvalue weighted by Gasteiger charge is 2.24. The van der Waals surface area contributed by atoms with Gasteiger partial charge < -0.3 is 15.2 Å². The van der Waals surface area contributed by atoms with Gasteiger partial charge >= 0.3 is 12.1 Å². The molecule has 1 rings (SSSR count). The zero-order valence-electron chi connectivity index (χ0n) is 12.6. The number of carbonyl (C=O) groups is 2. The number of hydrogen-bond donors (Lipinski definition) is 2. The third-order valence-electron chi connectivity index (χ3n) is 2.60. The van der Waals surface area contributed by atoms with Gasteiger partial charge in [-0.25, -0.2) is 9.18 Å². The molecule has 5 nitrogen and oxygen atoms in total. The number of alkyl carbamates (subject to hydrolysis) is 1. The van der Waals surface area contributed by atoms with Gasteiger partial charge in [-0.2, -0.15) is 0 Å². The fourth-order valence-corrected chi connectivity index (χ4v) is 1.79. The van der Waals surface area contributed by atoms with Gasteiger partial charge in [-0.05, 0) is 33.8 Å². The molecular formula is C15H20FNO4. The number of carboxylic acid groups (broad SMARTS) is 1. The molecule has 0 aliphatic heterocycles. The number of aryl methyl sites for hydroxylation is 1. The SMILES string of the molecule is Cc1ccc(F)c([C@H](CC(=O)O)NC(=O)OC(C)(C)C)c1. The van der Waals surface area contributed by atoms with E-state index in [0.717, 1.165) is 5.56 Å². The first kappa shape index (κ1) is 16.9. The second kappa shape index (κ2) is 6.56. The number of hydrogen-bond acceptors (Lipinski definition) is 3. The number of benzene rings is 1. The minimum Gasteiger partial charge on any atom is -0.481 e. The molecule has 1 amide bonds. The number of aliphatic carboxylic acids is 1. The average Bonchev–Trinajstić information content (AvgIpc) is 2.28. The zero-order chi connectivity index (χ0) is 16.2. The highest BCUT2D eigenvalue weighted by Crippen LogP contribution is 2.22. The summed E-state index contributed by atoms with van der Waals surface area (Å²) in [5.74, 6) is -1.71. The van der Waals surface area contributed by atoms with E-state index in [1.165, 1.54) is 12.1 Å². The number of ether oxygens (including phenoxy) is 1. The quantitative estimate of drug-likeness (QED) is 0.895. The van der Waals surface area contributed by atoms with Crippen LogP contribution in [0.4, 0.5) is 9.18 Å². The monoisotopic (exact) mass is 297 g/mol. The molecule has 0 spiro atoms. The molecule has 0 unspecified atom stereocenters. The normalized spacial score (nSPS) is 12.6. The highest BCUT2D eigenvalue weighted by atomic mass is 19.1. The summed E-state index contributed by atoms with van der Waals surface area (Å²) in [5, 5.41) is 11.3. The van der Waals surface area contributed by atoms with Crippen LogP contribution in [-0.2, 0) is 9.53 Å². The lowest BCUT2D eigenvalue weighted by Crippen LogP contribution is -2.36. The summed E-state index contributed by atoms with van der Waals surface area (Å²) in [6, 6.07) is 3.35. The Balaban J connectivity index is 2.98. The summed E-state index contributed by atoms with van der Waals surface area (Å²) in [5.41, 5.74) is 0.180. The van der Waals surface area contributed by atoms with E-state index in [0.29, 0.717) is 0 Å². The number of carbonyl (C=O) groups excluding carboxylic acids is 1. The van der Waals surface area contributed by atoms with E-state index >= 15 is 0 Å². The van der Waals surface area contributed by atoms with Crippen LogP contribution < -0.4 is 5.32 Å². The van der Waals surface area contributed by atoms with Gasteiger partial charge in [-0.1, -0.05) is 17.7 Å². The molecule has 0 aliphatic carbocycles. The summed E-state index contributed by atoms with van der Waals surface area (Å²) >= 11 is 0. The van der Waals surface area contributed by atoms with Gasteiger partial charge in [0.1, 0.15) is 11.4 Å². The van der Waals surface area contributed by atoms with Crippen LogP contribution in [0.1, 0.15) is 44.4 Å². The van der Waals surface area contributed by atoms with Crippen molar-refractivity contribution in [3.63, 3.8) is 0 Å². The molecule has 21 heavy (non-hydrogen) atoms. The van der Waals surface area contributed by atoms with Crippen LogP contribution in [0.15, 0.2) is 18.2 Å². The van der Waals surface area contributed by atoms with Crippen molar-refractivity contribution in [1.82, 2.24) is 5.32 Å². The van der Waals surface area contributed by atoms with Crippen molar-refractivity contribution in [2.24, 2.45) is 0 Å². The Bertz CT molecular complexity index is 537. The van der Waals surface area contributed by atoms with E-state index in [9.17, 15) is 14.0 Å².